The highest BCUT2D eigenvalue weighted by Gasteiger charge is 2.82. The van der Waals surface area contributed by atoms with Crippen molar-refractivity contribution in [2.75, 3.05) is 0 Å². The van der Waals surface area contributed by atoms with Crippen LogP contribution >= 0.6 is 0 Å². The van der Waals surface area contributed by atoms with E-state index in [0.29, 0.717) is 18.4 Å². The van der Waals surface area contributed by atoms with E-state index in [0.717, 1.165) is 0 Å². The third-order valence-electron chi connectivity index (χ3n) is 8.48. The van der Waals surface area contributed by atoms with Gasteiger partial charge >= 0.3 is 23.9 Å². The number of carbonyl (C=O) groups excluding carboxylic acids is 4. The first kappa shape index (κ1) is 27.1. The standard InChI is InChI=1S/C28H36O9/c1-15-13-14-20(33-16(2)29)27(7)24(36-25(32)19-11-9-8-10-12-19)22(34-17(3)30)21-23(35-18(4)31)28(15,27)37-26(21,5)6/h8-12,15,20-24H,13-14H2,1-7H3/t15-,20+,21-,22-,23-,24-,27+,28-/m1/s1. The highest BCUT2D eigenvalue weighted by atomic mass is 16.6. The Morgan fingerprint density at radius 2 is 1.41 bits per heavy atom. The van der Waals surface area contributed by atoms with E-state index in [1.807, 2.05) is 27.7 Å². The zero-order valence-corrected chi connectivity index (χ0v) is 22.4. The minimum absolute atomic E-state index is 0.172. The molecule has 9 nitrogen and oxygen atoms in total. The summed E-state index contributed by atoms with van der Waals surface area (Å²) in [5.41, 5.74) is -3.04. The molecule has 1 aromatic rings. The number of hydrogen-bond acceptors (Lipinski definition) is 9. The van der Waals surface area contributed by atoms with Crippen LogP contribution in [-0.4, -0.2) is 59.5 Å². The van der Waals surface area contributed by atoms with Crippen molar-refractivity contribution in [2.24, 2.45) is 17.3 Å². The number of ether oxygens (including phenoxy) is 5. The fourth-order valence-electron chi connectivity index (χ4n) is 7.19. The van der Waals surface area contributed by atoms with E-state index in [1.54, 1.807) is 30.3 Å². The van der Waals surface area contributed by atoms with Crippen molar-refractivity contribution in [3.8, 4) is 0 Å². The van der Waals surface area contributed by atoms with Gasteiger partial charge in [-0.05, 0) is 51.7 Å². The fraction of sp³-hybridized carbons (Fsp3) is 0.643. The Kier molecular flexibility index (Phi) is 6.90. The van der Waals surface area contributed by atoms with Crippen LogP contribution in [-0.2, 0) is 38.1 Å². The number of carbonyl (C=O) groups is 4. The molecule has 3 aliphatic rings. The molecule has 0 aromatic heterocycles. The van der Waals surface area contributed by atoms with Crippen LogP contribution in [0.2, 0.25) is 0 Å². The molecule has 1 aliphatic heterocycles. The first-order chi connectivity index (χ1) is 17.3. The Morgan fingerprint density at radius 3 is 1.97 bits per heavy atom. The van der Waals surface area contributed by atoms with Crippen molar-refractivity contribution in [3.63, 3.8) is 0 Å². The highest BCUT2D eigenvalue weighted by molar-refractivity contribution is 5.89. The van der Waals surface area contributed by atoms with Crippen LogP contribution in [0.4, 0.5) is 0 Å². The van der Waals surface area contributed by atoms with Crippen LogP contribution in [0.3, 0.4) is 0 Å². The van der Waals surface area contributed by atoms with E-state index in [-0.39, 0.29) is 5.92 Å². The van der Waals surface area contributed by atoms with E-state index in [4.69, 9.17) is 23.7 Å². The molecule has 4 rings (SSSR count). The van der Waals surface area contributed by atoms with Gasteiger partial charge in [0.15, 0.2) is 6.10 Å². The number of benzene rings is 1. The summed E-state index contributed by atoms with van der Waals surface area (Å²) in [6, 6.07) is 8.50. The lowest BCUT2D eigenvalue weighted by molar-refractivity contribution is -0.299. The number of hydrogen-bond donors (Lipinski definition) is 0. The fourth-order valence-corrected chi connectivity index (χ4v) is 7.19. The van der Waals surface area contributed by atoms with E-state index in [9.17, 15) is 19.2 Å². The first-order valence-corrected chi connectivity index (χ1v) is 12.7. The van der Waals surface area contributed by atoms with Crippen molar-refractivity contribution in [1.29, 1.82) is 0 Å². The predicted octanol–water partition coefficient (Wildman–Crippen LogP) is 3.62. The molecule has 0 amide bonds. The van der Waals surface area contributed by atoms with Crippen molar-refractivity contribution in [3.05, 3.63) is 35.9 Å². The zero-order chi connectivity index (χ0) is 27.3. The van der Waals surface area contributed by atoms with Gasteiger partial charge in [-0.2, -0.15) is 0 Å². The third kappa shape index (κ3) is 4.21. The van der Waals surface area contributed by atoms with Gasteiger partial charge in [0.1, 0.15) is 23.9 Å². The summed E-state index contributed by atoms with van der Waals surface area (Å²) in [4.78, 5) is 50.5. The zero-order valence-electron chi connectivity index (χ0n) is 22.4. The lowest BCUT2D eigenvalue weighted by Gasteiger charge is -2.62. The highest BCUT2D eigenvalue weighted by Crippen LogP contribution is 2.68. The molecule has 2 aliphatic carbocycles. The monoisotopic (exact) mass is 516 g/mol. The summed E-state index contributed by atoms with van der Waals surface area (Å²) in [6.07, 6.45) is -2.61. The van der Waals surface area contributed by atoms with Crippen molar-refractivity contribution < 1.29 is 42.9 Å². The average Bonchev–Trinajstić information content (AvgIpc) is 3.00. The van der Waals surface area contributed by atoms with E-state index >= 15 is 0 Å². The molecule has 8 atom stereocenters. The molecule has 1 spiro atoms. The maximum absolute atomic E-state index is 13.4. The molecule has 1 aromatic carbocycles. The number of rotatable bonds is 5. The Hall–Kier alpha value is -2.94. The Balaban J connectivity index is 1.96. The third-order valence-corrected chi connectivity index (χ3v) is 8.48. The second-order valence-corrected chi connectivity index (χ2v) is 11.2. The average molecular weight is 517 g/mol. The Bertz CT molecular complexity index is 1080. The van der Waals surface area contributed by atoms with Crippen molar-refractivity contribution in [1.82, 2.24) is 0 Å². The topological polar surface area (TPSA) is 114 Å². The van der Waals surface area contributed by atoms with Gasteiger partial charge in [-0.3, -0.25) is 14.4 Å². The second kappa shape index (κ2) is 9.42. The van der Waals surface area contributed by atoms with Crippen LogP contribution in [0.5, 0.6) is 0 Å². The summed E-state index contributed by atoms with van der Waals surface area (Å²) in [7, 11) is 0. The summed E-state index contributed by atoms with van der Waals surface area (Å²) in [5.74, 6) is -3.03. The van der Waals surface area contributed by atoms with Gasteiger partial charge in [-0.15, -0.1) is 0 Å². The molecule has 0 N–H and O–H groups in total. The largest absolute Gasteiger partial charge is 0.462 e. The maximum atomic E-state index is 13.4. The molecule has 1 saturated heterocycles. The van der Waals surface area contributed by atoms with Crippen LogP contribution in [0.15, 0.2) is 30.3 Å². The first-order valence-electron chi connectivity index (χ1n) is 12.7. The number of esters is 4. The van der Waals surface area contributed by atoms with E-state index in [1.165, 1.54) is 20.8 Å². The lowest BCUT2D eigenvalue weighted by Crippen LogP contribution is -2.76. The van der Waals surface area contributed by atoms with E-state index < -0.39 is 70.8 Å². The second-order valence-electron chi connectivity index (χ2n) is 11.2. The molecular weight excluding hydrogens is 480 g/mol. The van der Waals surface area contributed by atoms with Crippen LogP contribution in [0, 0.1) is 17.3 Å². The molecule has 2 bridgehead atoms. The minimum atomic E-state index is -1.23. The minimum Gasteiger partial charge on any atom is -0.462 e. The molecule has 1 heterocycles. The maximum Gasteiger partial charge on any atom is 0.338 e. The van der Waals surface area contributed by atoms with Crippen LogP contribution < -0.4 is 0 Å². The normalized spacial score (nSPS) is 37.6. The summed E-state index contributed by atoms with van der Waals surface area (Å²) < 4.78 is 30.8. The summed E-state index contributed by atoms with van der Waals surface area (Å²) >= 11 is 0. The van der Waals surface area contributed by atoms with Gasteiger partial charge in [0.25, 0.3) is 0 Å². The van der Waals surface area contributed by atoms with Gasteiger partial charge in [0.2, 0.25) is 0 Å². The quantitative estimate of drug-likeness (QED) is 0.427. The van der Waals surface area contributed by atoms with Gasteiger partial charge in [0.05, 0.1) is 22.5 Å². The lowest BCUT2D eigenvalue weighted by atomic mass is 9.48. The SMILES string of the molecule is CC(=O)O[C@@H]1[C@@H]2[C@@H](OC(C)=O)[C@]3(OC2(C)C)[C@H](C)CC[C@H](OC(C)=O)[C@@]3(C)[C@@H]1OC(=O)c1ccccc1. The summed E-state index contributed by atoms with van der Waals surface area (Å²) in [5, 5.41) is 0. The molecule has 9 heteroatoms. The Morgan fingerprint density at radius 1 is 0.811 bits per heavy atom. The van der Waals surface area contributed by atoms with E-state index in [2.05, 4.69) is 0 Å². The smallest absolute Gasteiger partial charge is 0.338 e. The Labute approximate surface area is 217 Å². The molecule has 0 unspecified atom stereocenters. The molecule has 3 fully saturated rings. The van der Waals surface area contributed by atoms with Gasteiger partial charge in [0, 0.05) is 20.8 Å². The van der Waals surface area contributed by atoms with Crippen molar-refractivity contribution in [2.45, 2.75) is 96.9 Å². The van der Waals surface area contributed by atoms with Crippen molar-refractivity contribution >= 4 is 23.9 Å². The molecule has 202 valence electrons. The molecular formula is C28H36O9. The number of fused-ring (bicyclic) bond motifs is 1. The van der Waals surface area contributed by atoms with Crippen LogP contribution in [0.1, 0.15) is 71.7 Å². The predicted molar refractivity (Wildman–Crippen MR) is 130 cm³/mol. The van der Waals surface area contributed by atoms with Gasteiger partial charge in [-0.1, -0.05) is 25.1 Å². The molecule has 0 radical (unpaired) electrons. The van der Waals surface area contributed by atoms with Crippen LogP contribution in [0.25, 0.3) is 0 Å². The summed E-state index contributed by atoms with van der Waals surface area (Å²) in [6.45, 7) is 11.4. The van der Waals surface area contributed by atoms with Gasteiger partial charge < -0.3 is 23.7 Å². The molecule has 2 saturated carbocycles. The van der Waals surface area contributed by atoms with Gasteiger partial charge in [-0.25, -0.2) is 4.79 Å². The molecule has 37 heavy (non-hydrogen) atoms.